The molecule has 1 N–H and O–H groups in total. The second-order valence-corrected chi connectivity index (χ2v) is 6.54. The van der Waals surface area contributed by atoms with Crippen molar-refractivity contribution in [2.75, 3.05) is 13.2 Å². The molecule has 0 spiro atoms. The summed E-state index contributed by atoms with van der Waals surface area (Å²) < 4.78 is 5.98. The van der Waals surface area contributed by atoms with Crippen LogP contribution in [0.1, 0.15) is 32.6 Å². The van der Waals surface area contributed by atoms with Gasteiger partial charge in [0.1, 0.15) is 0 Å². The molecule has 0 aromatic carbocycles. The first-order chi connectivity index (χ1) is 10.2. The van der Waals surface area contributed by atoms with Gasteiger partial charge in [-0.3, -0.25) is 4.79 Å². The maximum absolute atomic E-state index is 11.9. The highest BCUT2D eigenvalue weighted by Gasteiger charge is 2.31. The number of rotatable bonds is 5. The Balaban J connectivity index is 1.38. The number of fused-ring (bicyclic) bond motifs is 1. The minimum atomic E-state index is 0.163. The Hall–Kier alpha value is -1.35. The van der Waals surface area contributed by atoms with Crippen LogP contribution in [0.4, 0.5) is 0 Å². The van der Waals surface area contributed by atoms with E-state index in [-0.39, 0.29) is 17.9 Å². The Morgan fingerprint density at radius 3 is 3.10 bits per heavy atom. The number of ether oxygens (including phenoxy) is 1. The van der Waals surface area contributed by atoms with Crippen LogP contribution >= 0.6 is 0 Å². The fourth-order valence-corrected chi connectivity index (χ4v) is 3.53. The second-order valence-electron chi connectivity index (χ2n) is 6.54. The molecule has 3 aliphatic carbocycles. The van der Waals surface area contributed by atoms with Gasteiger partial charge in [0.15, 0.2) is 0 Å². The van der Waals surface area contributed by atoms with Gasteiger partial charge in [0.25, 0.3) is 0 Å². The highest BCUT2D eigenvalue weighted by molar-refractivity contribution is 5.79. The van der Waals surface area contributed by atoms with Crippen LogP contribution in [0.25, 0.3) is 0 Å². The number of hydrogen-bond acceptors (Lipinski definition) is 2. The summed E-state index contributed by atoms with van der Waals surface area (Å²) in [5, 5.41) is 3.00. The summed E-state index contributed by atoms with van der Waals surface area (Å²) in [6.45, 7) is 3.41. The van der Waals surface area contributed by atoms with E-state index in [0.717, 1.165) is 25.7 Å². The SMILES string of the molecule is CC1CC(C(=O)NCCOC2C=CC=C3C=CCCC32)C1. The van der Waals surface area contributed by atoms with Crippen LogP contribution in [0.2, 0.25) is 0 Å². The van der Waals surface area contributed by atoms with Crippen molar-refractivity contribution < 1.29 is 9.53 Å². The maximum Gasteiger partial charge on any atom is 0.223 e. The van der Waals surface area contributed by atoms with Crippen molar-refractivity contribution in [3.05, 3.63) is 36.0 Å². The van der Waals surface area contributed by atoms with E-state index < -0.39 is 0 Å². The second kappa shape index (κ2) is 6.61. The summed E-state index contributed by atoms with van der Waals surface area (Å²) in [6.07, 6.45) is 15.4. The zero-order chi connectivity index (χ0) is 14.7. The molecule has 0 aromatic heterocycles. The van der Waals surface area contributed by atoms with E-state index in [4.69, 9.17) is 4.74 Å². The third-order valence-electron chi connectivity index (χ3n) is 4.82. The van der Waals surface area contributed by atoms with Gasteiger partial charge < -0.3 is 10.1 Å². The lowest BCUT2D eigenvalue weighted by molar-refractivity contribution is -0.129. The molecule has 0 aliphatic heterocycles. The number of hydrogen-bond donors (Lipinski definition) is 1. The molecule has 3 heteroatoms. The van der Waals surface area contributed by atoms with E-state index in [2.05, 4.69) is 42.6 Å². The fourth-order valence-electron chi connectivity index (χ4n) is 3.53. The van der Waals surface area contributed by atoms with Crippen LogP contribution in [0.5, 0.6) is 0 Å². The van der Waals surface area contributed by atoms with E-state index in [1.54, 1.807) is 0 Å². The summed E-state index contributed by atoms with van der Waals surface area (Å²) in [7, 11) is 0. The summed E-state index contributed by atoms with van der Waals surface area (Å²) in [5.41, 5.74) is 1.38. The highest BCUT2D eigenvalue weighted by atomic mass is 16.5. The zero-order valence-electron chi connectivity index (χ0n) is 12.8. The van der Waals surface area contributed by atoms with Crippen molar-refractivity contribution in [3.63, 3.8) is 0 Å². The monoisotopic (exact) mass is 287 g/mol. The minimum absolute atomic E-state index is 0.163. The van der Waals surface area contributed by atoms with Crippen LogP contribution in [0.3, 0.4) is 0 Å². The summed E-state index contributed by atoms with van der Waals surface area (Å²) in [4.78, 5) is 11.9. The van der Waals surface area contributed by atoms with Gasteiger partial charge in [0.2, 0.25) is 5.91 Å². The van der Waals surface area contributed by atoms with Gasteiger partial charge in [-0.2, -0.15) is 0 Å². The summed E-state index contributed by atoms with van der Waals surface area (Å²) in [6, 6.07) is 0. The molecule has 3 nitrogen and oxygen atoms in total. The Kier molecular flexibility index (Phi) is 4.59. The average Bonchev–Trinajstić information content (AvgIpc) is 2.48. The molecule has 0 bridgehead atoms. The van der Waals surface area contributed by atoms with Crippen LogP contribution in [0.15, 0.2) is 36.0 Å². The Bertz CT molecular complexity index is 472. The molecular formula is C18H25NO2. The molecule has 2 atom stereocenters. The quantitative estimate of drug-likeness (QED) is 0.789. The maximum atomic E-state index is 11.9. The van der Waals surface area contributed by atoms with Gasteiger partial charge in [0.05, 0.1) is 12.7 Å². The topological polar surface area (TPSA) is 38.3 Å². The van der Waals surface area contributed by atoms with Crippen molar-refractivity contribution in [1.82, 2.24) is 5.32 Å². The smallest absolute Gasteiger partial charge is 0.223 e. The van der Waals surface area contributed by atoms with Crippen molar-refractivity contribution in [2.24, 2.45) is 17.8 Å². The van der Waals surface area contributed by atoms with Gasteiger partial charge in [-0.1, -0.05) is 37.3 Å². The van der Waals surface area contributed by atoms with Gasteiger partial charge in [-0.25, -0.2) is 0 Å². The molecule has 1 fully saturated rings. The van der Waals surface area contributed by atoms with Crippen LogP contribution < -0.4 is 5.32 Å². The lowest BCUT2D eigenvalue weighted by Gasteiger charge is -2.32. The number of nitrogens with one attached hydrogen (secondary N) is 1. The first-order valence-electron chi connectivity index (χ1n) is 8.18. The molecule has 1 saturated carbocycles. The largest absolute Gasteiger partial charge is 0.372 e. The molecular weight excluding hydrogens is 262 g/mol. The number of carbonyl (C=O) groups is 1. The van der Waals surface area contributed by atoms with Gasteiger partial charge >= 0.3 is 0 Å². The Labute approximate surface area is 127 Å². The molecule has 114 valence electrons. The van der Waals surface area contributed by atoms with E-state index in [0.29, 0.717) is 25.0 Å². The first-order valence-corrected chi connectivity index (χ1v) is 8.18. The molecule has 1 amide bonds. The molecule has 0 radical (unpaired) electrons. The van der Waals surface area contributed by atoms with Gasteiger partial charge in [-0.05, 0) is 37.2 Å². The predicted molar refractivity (Wildman–Crippen MR) is 83.7 cm³/mol. The number of amides is 1. The van der Waals surface area contributed by atoms with Crippen LogP contribution in [-0.4, -0.2) is 25.2 Å². The van der Waals surface area contributed by atoms with E-state index >= 15 is 0 Å². The molecule has 0 aromatic rings. The van der Waals surface area contributed by atoms with E-state index in [1.807, 2.05) is 0 Å². The molecule has 2 unspecified atom stereocenters. The predicted octanol–water partition coefficient (Wildman–Crippen LogP) is 3.00. The minimum Gasteiger partial charge on any atom is -0.372 e. The van der Waals surface area contributed by atoms with Crippen molar-refractivity contribution in [1.29, 1.82) is 0 Å². The normalized spacial score (nSPS) is 33.9. The molecule has 0 saturated heterocycles. The first kappa shape index (κ1) is 14.6. The van der Waals surface area contributed by atoms with Crippen LogP contribution in [-0.2, 0) is 9.53 Å². The lowest BCUT2D eigenvalue weighted by atomic mass is 9.76. The van der Waals surface area contributed by atoms with Crippen LogP contribution in [0, 0.1) is 17.8 Å². The Morgan fingerprint density at radius 1 is 1.43 bits per heavy atom. The van der Waals surface area contributed by atoms with E-state index in [1.165, 1.54) is 5.57 Å². The third kappa shape index (κ3) is 3.46. The van der Waals surface area contributed by atoms with Crippen molar-refractivity contribution in [2.45, 2.75) is 38.7 Å². The number of carbonyl (C=O) groups excluding carboxylic acids is 1. The van der Waals surface area contributed by atoms with Crippen molar-refractivity contribution in [3.8, 4) is 0 Å². The average molecular weight is 287 g/mol. The van der Waals surface area contributed by atoms with E-state index in [9.17, 15) is 4.79 Å². The third-order valence-corrected chi connectivity index (χ3v) is 4.82. The zero-order valence-corrected chi connectivity index (χ0v) is 12.8. The molecule has 0 heterocycles. The Morgan fingerprint density at radius 2 is 2.29 bits per heavy atom. The standard InChI is InChI=1S/C18H25NO2/c1-13-11-15(12-13)18(20)19-9-10-21-17-8-4-6-14-5-2-3-7-16(14)17/h2,4-6,8,13,15-17H,3,7,9-12H2,1H3,(H,19,20). The molecule has 3 aliphatic rings. The van der Waals surface area contributed by atoms with Gasteiger partial charge in [-0.15, -0.1) is 0 Å². The summed E-state index contributed by atoms with van der Waals surface area (Å²) in [5.74, 6) is 1.65. The highest BCUT2D eigenvalue weighted by Crippen LogP contribution is 2.33. The van der Waals surface area contributed by atoms with Gasteiger partial charge in [0, 0.05) is 18.4 Å². The number of allylic oxidation sites excluding steroid dienone is 4. The molecule has 3 rings (SSSR count). The summed E-state index contributed by atoms with van der Waals surface area (Å²) >= 11 is 0. The fraction of sp³-hybridized carbons (Fsp3) is 0.611. The van der Waals surface area contributed by atoms with Crippen molar-refractivity contribution >= 4 is 5.91 Å². The lowest BCUT2D eigenvalue weighted by Crippen LogP contribution is -2.39. The molecule has 21 heavy (non-hydrogen) atoms.